The van der Waals surface area contributed by atoms with Gasteiger partial charge in [-0.05, 0) is 32.1 Å². The predicted molar refractivity (Wildman–Crippen MR) is 72.6 cm³/mol. The van der Waals surface area contributed by atoms with E-state index in [9.17, 15) is 4.79 Å². The van der Waals surface area contributed by atoms with Crippen LogP contribution < -0.4 is 11.1 Å². The van der Waals surface area contributed by atoms with Gasteiger partial charge in [-0.15, -0.1) is 11.3 Å². The molecule has 3 N–H and O–H groups in total. The van der Waals surface area contributed by atoms with Crippen LogP contribution in [0.1, 0.15) is 29.8 Å². The Morgan fingerprint density at radius 1 is 1.39 bits per heavy atom. The van der Waals surface area contributed by atoms with Gasteiger partial charge in [-0.1, -0.05) is 12.2 Å². The molecular formula is C13H17N3OS. The molecule has 2 unspecified atom stereocenters. The minimum Gasteiger partial charge on any atom is -0.324 e. The number of fused-ring (bicyclic) bond motifs is 1. The Morgan fingerprint density at radius 3 is 2.94 bits per heavy atom. The summed E-state index contributed by atoms with van der Waals surface area (Å²) in [6, 6.07) is 0.0188. The molecule has 0 saturated heterocycles. The van der Waals surface area contributed by atoms with Gasteiger partial charge in [0.1, 0.15) is 0 Å². The van der Waals surface area contributed by atoms with E-state index in [4.69, 9.17) is 5.73 Å². The predicted octanol–water partition coefficient (Wildman–Crippen LogP) is 1.86. The van der Waals surface area contributed by atoms with Crippen LogP contribution in [-0.2, 0) is 17.6 Å². The van der Waals surface area contributed by atoms with Gasteiger partial charge < -0.3 is 11.1 Å². The first-order valence-electron chi connectivity index (χ1n) is 6.46. The lowest BCUT2D eigenvalue weighted by atomic mass is 10.0. The van der Waals surface area contributed by atoms with Crippen LogP contribution in [0.25, 0.3) is 0 Å². The van der Waals surface area contributed by atoms with E-state index in [0.29, 0.717) is 6.42 Å². The summed E-state index contributed by atoms with van der Waals surface area (Å²) >= 11 is 1.62. The van der Waals surface area contributed by atoms with Crippen molar-refractivity contribution in [3.05, 3.63) is 22.7 Å². The van der Waals surface area contributed by atoms with E-state index in [1.807, 2.05) is 12.2 Å². The second-order valence-corrected chi connectivity index (χ2v) is 6.06. The number of hydrogen-bond donors (Lipinski definition) is 2. The third kappa shape index (κ3) is 2.33. The van der Waals surface area contributed by atoms with E-state index in [-0.39, 0.29) is 17.9 Å². The van der Waals surface area contributed by atoms with Crippen LogP contribution in [-0.4, -0.2) is 16.9 Å². The zero-order valence-electron chi connectivity index (χ0n) is 10.2. The third-order valence-electron chi connectivity index (χ3n) is 3.53. The number of aryl methyl sites for hydroxylation is 2. The summed E-state index contributed by atoms with van der Waals surface area (Å²) in [5.74, 6) is -0.0776. The molecule has 96 valence electrons. The molecule has 3 rings (SSSR count). The molecule has 0 radical (unpaired) electrons. The number of nitrogens with two attached hydrogens (primary N) is 1. The summed E-state index contributed by atoms with van der Waals surface area (Å²) in [5, 5.41) is 3.67. The first kappa shape index (κ1) is 11.9. The number of hydrogen-bond acceptors (Lipinski definition) is 4. The average Bonchev–Trinajstić information content (AvgIpc) is 2.94. The molecule has 2 aliphatic rings. The Labute approximate surface area is 110 Å². The number of rotatable bonds is 2. The Morgan fingerprint density at radius 2 is 2.22 bits per heavy atom. The first-order chi connectivity index (χ1) is 8.72. The largest absolute Gasteiger partial charge is 0.324 e. The molecule has 5 heteroatoms. The van der Waals surface area contributed by atoms with Gasteiger partial charge in [-0.3, -0.25) is 4.79 Å². The lowest BCUT2D eigenvalue weighted by Gasteiger charge is -2.07. The standard InChI is InChI=1S/C13H17N3OS/c14-9-6-5-8(7-9)12(17)16-13-15-10-3-1-2-4-11(10)18-13/h5-6,8-9H,1-4,7,14H2,(H,15,16,17). The smallest absolute Gasteiger partial charge is 0.233 e. The number of anilines is 1. The molecule has 0 aliphatic heterocycles. The van der Waals surface area contributed by atoms with Crippen LogP contribution in [0.3, 0.4) is 0 Å². The topological polar surface area (TPSA) is 68.0 Å². The van der Waals surface area contributed by atoms with Crippen molar-refractivity contribution in [3.63, 3.8) is 0 Å². The maximum Gasteiger partial charge on any atom is 0.233 e. The van der Waals surface area contributed by atoms with Gasteiger partial charge in [0.15, 0.2) is 5.13 Å². The molecule has 0 fully saturated rings. The monoisotopic (exact) mass is 263 g/mol. The van der Waals surface area contributed by atoms with Gasteiger partial charge >= 0.3 is 0 Å². The summed E-state index contributed by atoms with van der Waals surface area (Å²) in [6.07, 6.45) is 9.11. The Kier molecular flexibility index (Phi) is 3.18. The lowest BCUT2D eigenvalue weighted by molar-refractivity contribution is -0.118. The molecule has 18 heavy (non-hydrogen) atoms. The summed E-state index contributed by atoms with van der Waals surface area (Å²) in [7, 11) is 0. The zero-order chi connectivity index (χ0) is 12.5. The number of carbonyl (C=O) groups excluding carboxylic acids is 1. The molecule has 1 aromatic rings. The van der Waals surface area contributed by atoms with Crippen LogP contribution in [0.5, 0.6) is 0 Å². The fourth-order valence-corrected chi connectivity index (χ4v) is 3.58. The second kappa shape index (κ2) is 4.82. The van der Waals surface area contributed by atoms with Gasteiger partial charge in [-0.2, -0.15) is 0 Å². The number of carbonyl (C=O) groups is 1. The molecule has 0 saturated carbocycles. The highest BCUT2D eigenvalue weighted by atomic mass is 32.1. The minimum absolute atomic E-state index is 0.0188. The Bertz CT molecular complexity index is 471. The van der Waals surface area contributed by atoms with Crippen molar-refractivity contribution < 1.29 is 4.79 Å². The van der Waals surface area contributed by atoms with Gasteiger partial charge in [0.2, 0.25) is 5.91 Å². The van der Waals surface area contributed by atoms with Gasteiger partial charge in [0.05, 0.1) is 11.6 Å². The number of thiazole rings is 1. The van der Waals surface area contributed by atoms with Gasteiger partial charge in [0, 0.05) is 10.9 Å². The van der Waals surface area contributed by atoms with Crippen molar-refractivity contribution in [2.24, 2.45) is 11.7 Å². The number of amides is 1. The minimum atomic E-state index is -0.0964. The van der Waals surface area contributed by atoms with E-state index in [1.54, 1.807) is 11.3 Å². The first-order valence-corrected chi connectivity index (χ1v) is 7.27. The van der Waals surface area contributed by atoms with E-state index >= 15 is 0 Å². The lowest BCUT2D eigenvalue weighted by Crippen LogP contribution is -2.23. The summed E-state index contributed by atoms with van der Waals surface area (Å²) in [4.78, 5) is 17.9. The zero-order valence-corrected chi connectivity index (χ0v) is 11.0. The van der Waals surface area contributed by atoms with E-state index in [2.05, 4.69) is 10.3 Å². The maximum absolute atomic E-state index is 12.0. The fraction of sp³-hybridized carbons (Fsp3) is 0.538. The van der Waals surface area contributed by atoms with Crippen LogP contribution in [0.2, 0.25) is 0 Å². The summed E-state index contributed by atoms with van der Waals surface area (Å²) in [6.45, 7) is 0. The normalized spacial score (nSPS) is 26.1. The van der Waals surface area contributed by atoms with Crippen molar-refractivity contribution >= 4 is 22.4 Å². The molecule has 0 aromatic carbocycles. The average molecular weight is 263 g/mol. The van der Waals surface area contributed by atoms with Crippen LogP contribution >= 0.6 is 11.3 Å². The molecule has 2 atom stereocenters. The molecule has 0 bridgehead atoms. The highest BCUT2D eigenvalue weighted by Crippen LogP contribution is 2.30. The second-order valence-electron chi connectivity index (χ2n) is 4.98. The molecule has 0 spiro atoms. The third-order valence-corrected chi connectivity index (χ3v) is 4.60. The van der Waals surface area contributed by atoms with Gasteiger partial charge in [-0.25, -0.2) is 4.98 Å². The Hall–Kier alpha value is -1.20. The van der Waals surface area contributed by atoms with Crippen molar-refractivity contribution in [3.8, 4) is 0 Å². The molecule has 1 aromatic heterocycles. The molecule has 1 heterocycles. The van der Waals surface area contributed by atoms with Crippen molar-refractivity contribution in [2.45, 2.75) is 38.1 Å². The van der Waals surface area contributed by atoms with E-state index in [1.165, 1.54) is 23.4 Å². The van der Waals surface area contributed by atoms with E-state index < -0.39 is 0 Å². The SMILES string of the molecule is NC1C=CC(C(=O)Nc2nc3c(s2)CCCC3)C1. The quantitative estimate of drug-likeness (QED) is 0.800. The molecule has 4 nitrogen and oxygen atoms in total. The maximum atomic E-state index is 12.0. The number of nitrogens with one attached hydrogen (secondary N) is 1. The number of nitrogens with zero attached hydrogens (tertiary/aromatic N) is 1. The fourth-order valence-electron chi connectivity index (χ4n) is 2.53. The Balaban J connectivity index is 1.67. The molecular weight excluding hydrogens is 246 g/mol. The molecule has 1 amide bonds. The van der Waals surface area contributed by atoms with Gasteiger partial charge in [0.25, 0.3) is 0 Å². The van der Waals surface area contributed by atoms with Crippen molar-refractivity contribution in [2.75, 3.05) is 5.32 Å². The highest BCUT2D eigenvalue weighted by Gasteiger charge is 2.24. The van der Waals surface area contributed by atoms with Crippen molar-refractivity contribution in [1.82, 2.24) is 4.98 Å². The van der Waals surface area contributed by atoms with Crippen LogP contribution in [0.4, 0.5) is 5.13 Å². The van der Waals surface area contributed by atoms with E-state index in [0.717, 1.165) is 18.0 Å². The van der Waals surface area contributed by atoms with Crippen LogP contribution in [0.15, 0.2) is 12.2 Å². The highest BCUT2D eigenvalue weighted by molar-refractivity contribution is 7.15. The van der Waals surface area contributed by atoms with Crippen molar-refractivity contribution in [1.29, 1.82) is 0 Å². The molecule has 2 aliphatic carbocycles. The summed E-state index contributed by atoms with van der Waals surface area (Å²) < 4.78 is 0. The number of aromatic nitrogens is 1. The summed E-state index contributed by atoms with van der Waals surface area (Å²) in [5.41, 5.74) is 6.94. The van der Waals surface area contributed by atoms with Crippen LogP contribution in [0, 0.1) is 5.92 Å².